The number of carbonyl (C=O) groups is 2. The predicted octanol–water partition coefficient (Wildman–Crippen LogP) is 3.59. The molecule has 1 N–H and O–H groups in total. The monoisotopic (exact) mass is 324 g/mol. The van der Waals surface area contributed by atoms with E-state index in [1.54, 1.807) is 26.2 Å². The number of benzene rings is 1. The zero-order valence-electron chi connectivity index (χ0n) is 13.9. The Morgan fingerprint density at radius 2 is 1.83 bits per heavy atom. The number of nitrogens with one attached hydrogen (secondary N) is 1. The molecule has 0 bridgehead atoms. The topological polar surface area (TPSA) is 68.3 Å². The van der Waals surface area contributed by atoms with Crippen LogP contribution in [0, 0.1) is 0 Å². The fourth-order valence-corrected chi connectivity index (χ4v) is 2.07. The number of rotatable bonds is 6. The van der Waals surface area contributed by atoms with Gasteiger partial charge in [0, 0.05) is 24.3 Å². The van der Waals surface area contributed by atoms with Crippen molar-refractivity contribution in [2.45, 2.75) is 26.9 Å². The number of ether oxygens (including phenoxy) is 1. The van der Waals surface area contributed by atoms with Crippen molar-refractivity contribution in [2.24, 2.45) is 0 Å². The lowest BCUT2D eigenvalue weighted by Crippen LogP contribution is -2.18. The smallest absolute Gasteiger partial charge is 0.343 e. The lowest BCUT2D eigenvalue weighted by atomic mass is 10.1. The number of pyridine rings is 1. The summed E-state index contributed by atoms with van der Waals surface area (Å²) in [6.45, 7) is 4.81. The maximum atomic E-state index is 11.9. The van der Waals surface area contributed by atoms with Crippen molar-refractivity contribution in [1.82, 2.24) is 4.98 Å². The van der Waals surface area contributed by atoms with Gasteiger partial charge in [0.25, 0.3) is 0 Å². The highest BCUT2D eigenvalue weighted by Gasteiger charge is 2.17. The van der Waals surface area contributed by atoms with Crippen LogP contribution in [0.4, 0.5) is 5.69 Å². The third-order valence-electron chi connectivity index (χ3n) is 3.20. The summed E-state index contributed by atoms with van der Waals surface area (Å²) in [5, 5.41) is 2.99. The van der Waals surface area contributed by atoms with Crippen molar-refractivity contribution < 1.29 is 14.3 Å². The molecule has 2 aromatic rings. The third-order valence-corrected chi connectivity index (χ3v) is 3.20. The van der Waals surface area contributed by atoms with Crippen LogP contribution in [0.3, 0.4) is 0 Å². The van der Waals surface area contributed by atoms with Crippen molar-refractivity contribution in [2.75, 3.05) is 5.32 Å². The highest BCUT2D eigenvalue weighted by molar-refractivity contribution is 6.16. The molecular formula is C19H20N2O3. The third kappa shape index (κ3) is 4.78. The molecular weight excluding hydrogens is 304 g/mol. The van der Waals surface area contributed by atoms with Gasteiger partial charge < -0.3 is 10.1 Å². The largest absolute Gasteiger partial charge is 0.459 e. The molecule has 5 heteroatoms. The Balaban J connectivity index is 2.20. The van der Waals surface area contributed by atoms with Gasteiger partial charge in [0.05, 0.1) is 6.10 Å². The molecule has 124 valence electrons. The van der Waals surface area contributed by atoms with E-state index >= 15 is 0 Å². The Morgan fingerprint density at radius 1 is 1.12 bits per heavy atom. The van der Waals surface area contributed by atoms with Gasteiger partial charge in [0.15, 0.2) is 5.78 Å². The molecule has 1 aromatic heterocycles. The van der Waals surface area contributed by atoms with Crippen LogP contribution in [0.25, 0.3) is 11.1 Å². The highest BCUT2D eigenvalue weighted by Crippen LogP contribution is 2.22. The second-order valence-corrected chi connectivity index (χ2v) is 5.53. The summed E-state index contributed by atoms with van der Waals surface area (Å²) in [7, 11) is 0. The summed E-state index contributed by atoms with van der Waals surface area (Å²) in [5.41, 5.74) is 2.78. The molecule has 1 aromatic carbocycles. The number of aromatic nitrogens is 1. The number of nitrogens with zero attached hydrogens (tertiary/aromatic N) is 1. The first-order chi connectivity index (χ1) is 11.5. The first-order valence-electron chi connectivity index (χ1n) is 7.66. The van der Waals surface area contributed by atoms with Crippen LogP contribution < -0.4 is 5.32 Å². The first-order valence-corrected chi connectivity index (χ1v) is 7.66. The summed E-state index contributed by atoms with van der Waals surface area (Å²) in [6.07, 6.45) is 4.56. The average Bonchev–Trinajstić information content (AvgIpc) is 2.55. The molecule has 0 fully saturated rings. The lowest BCUT2D eigenvalue weighted by molar-refractivity contribution is -0.143. The van der Waals surface area contributed by atoms with Crippen LogP contribution in [0.5, 0.6) is 0 Å². The van der Waals surface area contributed by atoms with E-state index in [-0.39, 0.29) is 17.5 Å². The minimum absolute atomic E-state index is 0.0157. The fraction of sp³-hybridized carbons (Fsp3) is 0.211. The van der Waals surface area contributed by atoms with Gasteiger partial charge in [-0.1, -0.05) is 12.1 Å². The van der Waals surface area contributed by atoms with E-state index < -0.39 is 5.97 Å². The first kappa shape index (κ1) is 17.4. The molecule has 0 amide bonds. The van der Waals surface area contributed by atoms with Crippen molar-refractivity contribution in [1.29, 1.82) is 0 Å². The number of ketones is 1. The standard InChI is InChI=1S/C19H20N2O3/c1-13(2)24-19(23)18(14(3)22)12-21-17-6-4-5-16(11-17)15-7-9-20-10-8-15/h4-13,21H,1-3H3/b18-12-. The molecule has 0 unspecified atom stereocenters. The molecule has 0 aliphatic heterocycles. The zero-order valence-corrected chi connectivity index (χ0v) is 13.9. The Kier molecular flexibility index (Phi) is 5.84. The highest BCUT2D eigenvalue weighted by atomic mass is 16.5. The molecule has 2 rings (SSSR count). The Bertz CT molecular complexity index is 752. The Morgan fingerprint density at radius 3 is 2.46 bits per heavy atom. The predicted molar refractivity (Wildman–Crippen MR) is 93.3 cm³/mol. The summed E-state index contributed by atoms with van der Waals surface area (Å²) >= 11 is 0. The Hall–Kier alpha value is -2.95. The number of anilines is 1. The molecule has 24 heavy (non-hydrogen) atoms. The minimum atomic E-state index is -0.629. The van der Waals surface area contributed by atoms with Crippen molar-refractivity contribution in [3.05, 3.63) is 60.6 Å². The van der Waals surface area contributed by atoms with Gasteiger partial charge >= 0.3 is 5.97 Å². The van der Waals surface area contributed by atoms with Crippen LogP contribution in [0.15, 0.2) is 60.6 Å². The van der Waals surface area contributed by atoms with Gasteiger partial charge in [-0.05, 0) is 56.2 Å². The Labute approximate surface area is 141 Å². The van der Waals surface area contributed by atoms with Gasteiger partial charge in [-0.25, -0.2) is 4.79 Å². The fourth-order valence-electron chi connectivity index (χ4n) is 2.07. The van der Waals surface area contributed by atoms with Crippen LogP contribution in [-0.4, -0.2) is 22.8 Å². The van der Waals surface area contributed by atoms with E-state index in [1.165, 1.54) is 13.1 Å². The van der Waals surface area contributed by atoms with Crippen molar-refractivity contribution >= 4 is 17.4 Å². The van der Waals surface area contributed by atoms with Gasteiger partial charge in [0.1, 0.15) is 5.57 Å². The number of hydrogen-bond donors (Lipinski definition) is 1. The molecule has 0 saturated carbocycles. The number of esters is 1. The number of Topliss-reactive ketones (excluding diaryl/α,β-unsaturated/α-hetero) is 1. The van der Waals surface area contributed by atoms with Gasteiger partial charge in [-0.15, -0.1) is 0 Å². The molecule has 0 atom stereocenters. The van der Waals surface area contributed by atoms with Crippen molar-refractivity contribution in [3.8, 4) is 11.1 Å². The molecule has 0 spiro atoms. The summed E-state index contributed by atoms with van der Waals surface area (Å²) in [6, 6.07) is 11.5. The van der Waals surface area contributed by atoms with Gasteiger partial charge in [-0.2, -0.15) is 0 Å². The minimum Gasteiger partial charge on any atom is -0.459 e. The molecule has 5 nitrogen and oxygen atoms in total. The zero-order chi connectivity index (χ0) is 17.5. The average molecular weight is 324 g/mol. The molecule has 0 aliphatic carbocycles. The van der Waals surface area contributed by atoms with E-state index in [1.807, 2.05) is 36.4 Å². The summed E-state index contributed by atoms with van der Waals surface area (Å²) in [4.78, 5) is 27.6. The van der Waals surface area contributed by atoms with Crippen LogP contribution in [0.1, 0.15) is 20.8 Å². The molecule has 0 aliphatic rings. The molecule has 0 saturated heterocycles. The number of carbonyl (C=O) groups excluding carboxylic acids is 2. The van der Waals surface area contributed by atoms with Crippen LogP contribution in [0.2, 0.25) is 0 Å². The normalized spacial score (nSPS) is 11.2. The maximum absolute atomic E-state index is 11.9. The van der Waals surface area contributed by atoms with E-state index in [0.717, 1.165) is 16.8 Å². The van der Waals surface area contributed by atoms with Crippen LogP contribution >= 0.6 is 0 Å². The molecule has 1 heterocycles. The van der Waals surface area contributed by atoms with E-state index in [4.69, 9.17) is 4.74 Å². The maximum Gasteiger partial charge on any atom is 0.343 e. The van der Waals surface area contributed by atoms with Gasteiger partial charge in [-0.3, -0.25) is 9.78 Å². The van der Waals surface area contributed by atoms with E-state index in [2.05, 4.69) is 10.3 Å². The summed E-state index contributed by atoms with van der Waals surface area (Å²) < 4.78 is 5.08. The molecule has 0 radical (unpaired) electrons. The second kappa shape index (κ2) is 8.06. The quantitative estimate of drug-likeness (QED) is 0.381. The summed E-state index contributed by atoms with van der Waals surface area (Å²) in [5.74, 6) is -0.978. The van der Waals surface area contributed by atoms with Gasteiger partial charge in [0.2, 0.25) is 0 Å². The number of hydrogen-bond acceptors (Lipinski definition) is 5. The SMILES string of the molecule is CC(=O)/C(=C/Nc1cccc(-c2ccncc2)c1)C(=O)OC(C)C. The second-order valence-electron chi connectivity index (χ2n) is 5.53. The lowest BCUT2D eigenvalue weighted by Gasteiger charge is -2.10. The van der Waals surface area contributed by atoms with E-state index in [0.29, 0.717) is 0 Å². The van der Waals surface area contributed by atoms with Crippen molar-refractivity contribution in [3.63, 3.8) is 0 Å². The van der Waals surface area contributed by atoms with Crippen LogP contribution in [-0.2, 0) is 14.3 Å². The van der Waals surface area contributed by atoms with E-state index in [9.17, 15) is 9.59 Å².